The van der Waals surface area contributed by atoms with E-state index >= 15 is 0 Å². The Morgan fingerprint density at radius 1 is 1.27 bits per heavy atom. The number of amides is 1. The molecule has 110 valence electrons. The molecule has 22 heavy (non-hydrogen) atoms. The molecule has 1 aromatic carbocycles. The first kappa shape index (κ1) is 14.2. The highest BCUT2D eigenvalue weighted by molar-refractivity contribution is 6.32. The molecule has 0 bridgehead atoms. The first-order valence-corrected chi connectivity index (χ1v) is 6.84. The molecule has 0 saturated heterocycles. The molecule has 1 amide bonds. The molecule has 3 aromatic rings. The maximum absolute atomic E-state index is 12.5. The average Bonchev–Trinajstić information content (AvgIpc) is 2.52. The van der Waals surface area contributed by atoms with E-state index in [1.807, 2.05) is 0 Å². The number of carbonyl (C=O) groups is 1. The smallest absolute Gasteiger partial charge is 0.263 e. The number of hydrogen-bond donors (Lipinski definition) is 2. The molecule has 2 aromatic heterocycles. The van der Waals surface area contributed by atoms with Gasteiger partial charge in [-0.2, -0.15) is 0 Å². The number of pyridine rings is 1. The number of anilines is 1. The zero-order valence-corrected chi connectivity index (χ0v) is 12.3. The second kappa shape index (κ2) is 5.57. The summed E-state index contributed by atoms with van der Waals surface area (Å²) >= 11 is 6.03. The molecule has 0 fully saturated rings. The number of aromatic amines is 1. The minimum Gasteiger partial charge on any atom is -0.360 e. The monoisotopic (exact) mass is 314 g/mol. The number of halogens is 1. The first-order chi connectivity index (χ1) is 10.6. The van der Waals surface area contributed by atoms with Crippen LogP contribution in [-0.4, -0.2) is 20.9 Å². The Balaban J connectivity index is 2.05. The molecule has 0 atom stereocenters. The third-order valence-electron chi connectivity index (χ3n) is 3.28. The molecule has 0 saturated carbocycles. The number of benzene rings is 1. The Kier molecular flexibility index (Phi) is 3.60. The molecule has 0 aliphatic rings. The van der Waals surface area contributed by atoms with Crippen molar-refractivity contribution >= 4 is 34.4 Å². The second-order valence-corrected chi connectivity index (χ2v) is 5.06. The SMILES string of the molecule is Cc1c(Cl)ccc2c(=O)c(C(=O)Nc3ncccn3)c[nH]c12. The Morgan fingerprint density at radius 2 is 2.00 bits per heavy atom. The summed E-state index contributed by atoms with van der Waals surface area (Å²) in [6.07, 6.45) is 4.36. The molecule has 0 spiro atoms. The van der Waals surface area contributed by atoms with Crippen LogP contribution >= 0.6 is 11.6 Å². The highest BCUT2D eigenvalue weighted by atomic mass is 35.5. The van der Waals surface area contributed by atoms with Gasteiger partial charge in [-0.3, -0.25) is 14.9 Å². The van der Waals surface area contributed by atoms with Crippen molar-refractivity contribution in [1.29, 1.82) is 0 Å². The van der Waals surface area contributed by atoms with Crippen molar-refractivity contribution in [2.24, 2.45) is 0 Å². The summed E-state index contributed by atoms with van der Waals surface area (Å²) in [6.45, 7) is 1.80. The van der Waals surface area contributed by atoms with E-state index < -0.39 is 5.91 Å². The van der Waals surface area contributed by atoms with Crippen LogP contribution in [0.1, 0.15) is 15.9 Å². The fraction of sp³-hybridized carbons (Fsp3) is 0.0667. The zero-order valence-electron chi connectivity index (χ0n) is 11.6. The van der Waals surface area contributed by atoms with Crippen LogP contribution in [0.25, 0.3) is 10.9 Å². The van der Waals surface area contributed by atoms with Gasteiger partial charge in [0.05, 0.1) is 5.52 Å². The number of nitrogens with one attached hydrogen (secondary N) is 2. The maximum Gasteiger partial charge on any atom is 0.263 e. The van der Waals surface area contributed by atoms with E-state index in [4.69, 9.17) is 11.6 Å². The second-order valence-electron chi connectivity index (χ2n) is 4.65. The van der Waals surface area contributed by atoms with Gasteiger partial charge in [-0.15, -0.1) is 0 Å². The van der Waals surface area contributed by atoms with Gasteiger partial charge in [-0.25, -0.2) is 9.97 Å². The molecule has 0 radical (unpaired) electrons. The lowest BCUT2D eigenvalue weighted by molar-refractivity contribution is 0.102. The summed E-state index contributed by atoms with van der Waals surface area (Å²) in [7, 11) is 0. The van der Waals surface area contributed by atoms with Gasteiger partial charge in [0, 0.05) is 29.0 Å². The fourth-order valence-electron chi connectivity index (χ4n) is 2.12. The quantitative estimate of drug-likeness (QED) is 0.761. The highest BCUT2D eigenvalue weighted by Crippen LogP contribution is 2.21. The van der Waals surface area contributed by atoms with Gasteiger partial charge in [0.15, 0.2) is 0 Å². The van der Waals surface area contributed by atoms with Crippen molar-refractivity contribution in [1.82, 2.24) is 15.0 Å². The van der Waals surface area contributed by atoms with E-state index in [1.54, 1.807) is 25.1 Å². The highest BCUT2D eigenvalue weighted by Gasteiger charge is 2.15. The Bertz CT molecular complexity index is 922. The van der Waals surface area contributed by atoms with E-state index in [1.165, 1.54) is 18.6 Å². The number of hydrogen-bond acceptors (Lipinski definition) is 4. The molecule has 3 rings (SSSR count). The van der Waals surface area contributed by atoms with Crippen LogP contribution in [0.4, 0.5) is 5.95 Å². The number of aromatic nitrogens is 3. The summed E-state index contributed by atoms with van der Waals surface area (Å²) in [5, 5.41) is 3.44. The molecular formula is C15H11ClN4O2. The molecule has 6 nitrogen and oxygen atoms in total. The summed E-state index contributed by atoms with van der Waals surface area (Å²) in [4.78, 5) is 35.4. The largest absolute Gasteiger partial charge is 0.360 e. The standard InChI is InChI=1S/C15H11ClN4O2/c1-8-11(16)4-3-9-12(8)19-7-10(13(9)21)14(22)20-15-17-5-2-6-18-15/h2-7H,1H3,(H,19,21)(H,17,18,20,22). The molecule has 0 aliphatic heterocycles. The molecule has 2 N–H and O–H groups in total. The van der Waals surface area contributed by atoms with E-state index in [0.717, 1.165) is 5.56 Å². The fourth-order valence-corrected chi connectivity index (χ4v) is 2.28. The maximum atomic E-state index is 12.5. The number of H-pyrrole nitrogens is 1. The lowest BCUT2D eigenvalue weighted by Gasteiger charge is -2.07. The van der Waals surface area contributed by atoms with Gasteiger partial charge in [-0.05, 0) is 30.7 Å². The Hall–Kier alpha value is -2.73. The number of carbonyl (C=O) groups excluding carboxylic acids is 1. The van der Waals surface area contributed by atoms with Gasteiger partial charge >= 0.3 is 0 Å². The van der Waals surface area contributed by atoms with E-state index in [2.05, 4.69) is 20.3 Å². The minimum absolute atomic E-state index is 0.0123. The topological polar surface area (TPSA) is 87.7 Å². The van der Waals surface area contributed by atoms with Gasteiger partial charge in [0.25, 0.3) is 5.91 Å². The summed E-state index contributed by atoms with van der Waals surface area (Å²) < 4.78 is 0. The summed E-state index contributed by atoms with van der Waals surface area (Å²) in [5.74, 6) is -0.429. The summed E-state index contributed by atoms with van der Waals surface area (Å²) in [5.41, 5.74) is 0.989. The molecule has 0 aliphatic carbocycles. The van der Waals surface area contributed by atoms with Crippen molar-refractivity contribution in [2.75, 3.05) is 5.32 Å². The number of nitrogens with zero attached hydrogens (tertiary/aromatic N) is 2. The summed E-state index contributed by atoms with van der Waals surface area (Å²) in [6, 6.07) is 4.86. The van der Waals surface area contributed by atoms with Crippen LogP contribution in [-0.2, 0) is 0 Å². The van der Waals surface area contributed by atoms with Gasteiger partial charge < -0.3 is 4.98 Å². The van der Waals surface area contributed by atoms with Crippen LogP contribution in [0.15, 0.2) is 41.6 Å². The molecule has 2 heterocycles. The van der Waals surface area contributed by atoms with Crippen molar-refractivity contribution < 1.29 is 4.79 Å². The number of rotatable bonds is 2. The van der Waals surface area contributed by atoms with Crippen molar-refractivity contribution in [3.63, 3.8) is 0 Å². The number of fused-ring (bicyclic) bond motifs is 1. The lowest BCUT2D eigenvalue weighted by Crippen LogP contribution is -2.23. The van der Waals surface area contributed by atoms with Crippen LogP contribution in [0.2, 0.25) is 5.02 Å². The third-order valence-corrected chi connectivity index (χ3v) is 3.69. The van der Waals surface area contributed by atoms with Crippen molar-refractivity contribution in [3.05, 3.63) is 63.2 Å². The Labute approximate surface area is 130 Å². The normalized spacial score (nSPS) is 10.6. The first-order valence-electron chi connectivity index (χ1n) is 6.47. The molecule has 7 heteroatoms. The Morgan fingerprint density at radius 3 is 2.73 bits per heavy atom. The predicted molar refractivity (Wildman–Crippen MR) is 84.3 cm³/mol. The number of aryl methyl sites for hydroxylation is 1. The minimum atomic E-state index is -0.568. The molecular weight excluding hydrogens is 304 g/mol. The average molecular weight is 315 g/mol. The van der Waals surface area contributed by atoms with Gasteiger partial charge in [0.1, 0.15) is 5.56 Å². The zero-order chi connectivity index (χ0) is 15.7. The van der Waals surface area contributed by atoms with E-state index in [9.17, 15) is 9.59 Å². The van der Waals surface area contributed by atoms with Crippen molar-refractivity contribution in [3.8, 4) is 0 Å². The van der Waals surface area contributed by atoms with Crippen LogP contribution < -0.4 is 10.7 Å². The van der Waals surface area contributed by atoms with Gasteiger partial charge in [-0.1, -0.05) is 11.6 Å². The van der Waals surface area contributed by atoms with Gasteiger partial charge in [0.2, 0.25) is 11.4 Å². The van der Waals surface area contributed by atoms with E-state index in [-0.39, 0.29) is 16.9 Å². The van der Waals surface area contributed by atoms with Crippen LogP contribution in [0.5, 0.6) is 0 Å². The third kappa shape index (κ3) is 2.44. The van der Waals surface area contributed by atoms with E-state index in [0.29, 0.717) is 15.9 Å². The lowest BCUT2D eigenvalue weighted by atomic mass is 10.1. The predicted octanol–water partition coefficient (Wildman–Crippen LogP) is 2.53. The van der Waals surface area contributed by atoms with Crippen LogP contribution in [0, 0.1) is 6.92 Å². The van der Waals surface area contributed by atoms with Crippen LogP contribution in [0.3, 0.4) is 0 Å². The molecule has 0 unspecified atom stereocenters. The van der Waals surface area contributed by atoms with Crippen molar-refractivity contribution in [2.45, 2.75) is 6.92 Å².